The standard InChI is InChI=1S/C13H22N2O2S2/c1-10(14)11-6-5-7-12(8-11)19(16,17)15-9-13(2,3)18-4/h5-8,10,15H,9,14H2,1-4H3. The third-order valence-electron chi connectivity index (χ3n) is 2.93. The van der Waals surface area contributed by atoms with Gasteiger partial charge in [-0.15, -0.1) is 0 Å². The summed E-state index contributed by atoms with van der Waals surface area (Å²) >= 11 is 1.62. The quantitative estimate of drug-likeness (QED) is 0.844. The Morgan fingerprint density at radius 1 is 1.42 bits per heavy atom. The first-order valence-corrected chi connectivity index (χ1v) is 8.79. The van der Waals surface area contributed by atoms with Gasteiger partial charge in [0.1, 0.15) is 0 Å². The van der Waals surface area contributed by atoms with E-state index in [1.54, 1.807) is 30.0 Å². The Bertz CT molecular complexity index is 525. The van der Waals surface area contributed by atoms with Gasteiger partial charge in [-0.3, -0.25) is 0 Å². The van der Waals surface area contributed by atoms with Crippen molar-refractivity contribution in [2.45, 2.75) is 36.5 Å². The van der Waals surface area contributed by atoms with Gasteiger partial charge in [0.05, 0.1) is 4.90 Å². The van der Waals surface area contributed by atoms with E-state index in [1.807, 2.05) is 33.1 Å². The molecule has 108 valence electrons. The fraction of sp³-hybridized carbons (Fsp3) is 0.538. The first kappa shape index (κ1) is 16.5. The fourth-order valence-electron chi connectivity index (χ4n) is 1.39. The van der Waals surface area contributed by atoms with Crippen LogP contribution in [0.5, 0.6) is 0 Å². The van der Waals surface area contributed by atoms with Crippen LogP contribution in [0, 0.1) is 0 Å². The highest BCUT2D eigenvalue weighted by atomic mass is 32.2. The van der Waals surface area contributed by atoms with Crippen LogP contribution in [0.4, 0.5) is 0 Å². The summed E-state index contributed by atoms with van der Waals surface area (Å²) in [7, 11) is -3.48. The molecule has 0 fully saturated rings. The minimum Gasteiger partial charge on any atom is -0.324 e. The van der Waals surface area contributed by atoms with Crippen LogP contribution < -0.4 is 10.5 Å². The lowest BCUT2D eigenvalue weighted by Crippen LogP contribution is -2.36. The summed E-state index contributed by atoms with van der Waals surface area (Å²) in [6.45, 7) is 6.21. The zero-order valence-electron chi connectivity index (χ0n) is 11.8. The molecule has 1 atom stereocenters. The topological polar surface area (TPSA) is 72.2 Å². The van der Waals surface area contributed by atoms with Crippen molar-refractivity contribution in [2.75, 3.05) is 12.8 Å². The number of nitrogens with two attached hydrogens (primary N) is 1. The van der Waals surface area contributed by atoms with E-state index in [0.29, 0.717) is 6.54 Å². The van der Waals surface area contributed by atoms with Crippen LogP contribution in [0.1, 0.15) is 32.4 Å². The molecule has 0 heterocycles. The van der Waals surface area contributed by atoms with Crippen molar-refractivity contribution in [3.8, 4) is 0 Å². The summed E-state index contributed by atoms with van der Waals surface area (Å²) in [4.78, 5) is 0.263. The summed E-state index contributed by atoms with van der Waals surface area (Å²) in [5.74, 6) is 0. The van der Waals surface area contributed by atoms with E-state index in [0.717, 1.165) is 5.56 Å². The molecule has 0 saturated heterocycles. The highest BCUT2D eigenvalue weighted by molar-refractivity contribution is 8.00. The number of thioether (sulfide) groups is 1. The molecule has 1 unspecified atom stereocenters. The lowest BCUT2D eigenvalue weighted by atomic mass is 10.1. The number of hydrogen-bond donors (Lipinski definition) is 2. The van der Waals surface area contributed by atoms with Gasteiger partial charge in [-0.2, -0.15) is 11.8 Å². The van der Waals surface area contributed by atoms with E-state index in [2.05, 4.69) is 4.72 Å². The van der Waals surface area contributed by atoms with Crippen LogP contribution in [-0.4, -0.2) is 26.0 Å². The molecular weight excluding hydrogens is 280 g/mol. The summed E-state index contributed by atoms with van der Waals surface area (Å²) in [6, 6.07) is 6.57. The van der Waals surface area contributed by atoms with Crippen molar-refractivity contribution in [1.82, 2.24) is 4.72 Å². The molecule has 4 nitrogen and oxygen atoms in total. The first-order chi connectivity index (χ1) is 8.68. The van der Waals surface area contributed by atoms with Crippen molar-refractivity contribution >= 4 is 21.8 Å². The van der Waals surface area contributed by atoms with Crippen molar-refractivity contribution in [1.29, 1.82) is 0 Å². The Kier molecular flexibility index (Phi) is 5.43. The van der Waals surface area contributed by atoms with Gasteiger partial charge in [0.2, 0.25) is 10.0 Å². The predicted octanol–water partition coefficient (Wildman–Crippen LogP) is 2.13. The molecular formula is C13H22N2O2S2. The van der Waals surface area contributed by atoms with Crippen LogP contribution in [-0.2, 0) is 10.0 Å². The van der Waals surface area contributed by atoms with Gasteiger partial charge < -0.3 is 5.73 Å². The number of sulfonamides is 1. The molecule has 0 aliphatic carbocycles. The number of rotatable bonds is 6. The maximum Gasteiger partial charge on any atom is 0.240 e. The number of nitrogens with one attached hydrogen (secondary N) is 1. The Balaban J connectivity index is 2.92. The summed E-state index contributed by atoms with van der Waals surface area (Å²) in [6.07, 6.45) is 1.96. The molecule has 0 aromatic heterocycles. The van der Waals surface area contributed by atoms with Crippen molar-refractivity contribution in [3.05, 3.63) is 29.8 Å². The van der Waals surface area contributed by atoms with E-state index < -0.39 is 10.0 Å². The van der Waals surface area contributed by atoms with E-state index >= 15 is 0 Å². The SMILES string of the molecule is CSC(C)(C)CNS(=O)(=O)c1cccc(C(C)N)c1. The Labute approximate surface area is 120 Å². The zero-order chi connectivity index (χ0) is 14.7. The second-order valence-electron chi connectivity index (χ2n) is 5.15. The molecule has 0 aliphatic heterocycles. The first-order valence-electron chi connectivity index (χ1n) is 6.08. The van der Waals surface area contributed by atoms with Crippen LogP contribution in [0.2, 0.25) is 0 Å². The molecule has 6 heteroatoms. The highest BCUT2D eigenvalue weighted by Gasteiger charge is 2.21. The van der Waals surface area contributed by atoms with Gasteiger partial charge in [-0.05, 0) is 44.7 Å². The Hall–Kier alpha value is -0.560. The summed E-state index contributed by atoms with van der Waals surface area (Å²) in [5, 5.41) is 0. The van der Waals surface area contributed by atoms with Gasteiger partial charge in [0, 0.05) is 17.3 Å². The van der Waals surface area contributed by atoms with Crippen LogP contribution >= 0.6 is 11.8 Å². The molecule has 1 aromatic carbocycles. The second-order valence-corrected chi connectivity index (χ2v) is 8.43. The lowest BCUT2D eigenvalue weighted by Gasteiger charge is -2.22. The average Bonchev–Trinajstić information content (AvgIpc) is 2.37. The molecule has 0 radical (unpaired) electrons. The third kappa shape index (κ3) is 4.80. The third-order valence-corrected chi connectivity index (χ3v) is 5.58. The molecule has 0 spiro atoms. The Morgan fingerprint density at radius 2 is 2.05 bits per heavy atom. The fourth-order valence-corrected chi connectivity index (χ4v) is 2.96. The normalized spacial score (nSPS) is 14.4. The van der Waals surface area contributed by atoms with Gasteiger partial charge in [0.15, 0.2) is 0 Å². The van der Waals surface area contributed by atoms with Crippen LogP contribution in [0.25, 0.3) is 0 Å². The largest absolute Gasteiger partial charge is 0.324 e. The van der Waals surface area contributed by atoms with Crippen LogP contribution in [0.3, 0.4) is 0 Å². The molecule has 0 saturated carbocycles. The van der Waals surface area contributed by atoms with E-state index in [-0.39, 0.29) is 15.7 Å². The molecule has 0 aliphatic rings. The number of hydrogen-bond acceptors (Lipinski definition) is 4. The molecule has 1 rings (SSSR count). The van der Waals surface area contributed by atoms with Gasteiger partial charge in [0.25, 0.3) is 0 Å². The maximum absolute atomic E-state index is 12.2. The molecule has 19 heavy (non-hydrogen) atoms. The van der Waals surface area contributed by atoms with Gasteiger partial charge >= 0.3 is 0 Å². The molecule has 0 bridgehead atoms. The zero-order valence-corrected chi connectivity index (χ0v) is 13.4. The Morgan fingerprint density at radius 3 is 2.58 bits per heavy atom. The smallest absolute Gasteiger partial charge is 0.240 e. The minimum absolute atomic E-state index is 0.133. The molecule has 3 N–H and O–H groups in total. The van der Waals surface area contributed by atoms with E-state index in [4.69, 9.17) is 5.73 Å². The minimum atomic E-state index is -3.48. The second kappa shape index (κ2) is 6.26. The van der Waals surface area contributed by atoms with Gasteiger partial charge in [-0.25, -0.2) is 13.1 Å². The van der Waals surface area contributed by atoms with Gasteiger partial charge in [-0.1, -0.05) is 12.1 Å². The molecule has 1 aromatic rings. The maximum atomic E-state index is 12.2. The van der Waals surface area contributed by atoms with E-state index in [1.165, 1.54) is 0 Å². The van der Waals surface area contributed by atoms with E-state index in [9.17, 15) is 8.42 Å². The molecule has 0 amide bonds. The van der Waals surface area contributed by atoms with Crippen molar-refractivity contribution in [3.63, 3.8) is 0 Å². The average molecular weight is 302 g/mol. The summed E-state index contributed by atoms with van der Waals surface area (Å²) in [5.41, 5.74) is 6.58. The monoisotopic (exact) mass is 302 g/mol. The lowest BCUT2D eigenvalue weighted by molar-refractivity contribution is 0.570. The van der Waals surface area contributed by atoms with Crippen molar-refractivity contribution < 1.29 is 8.42 Å². The summed E-state index contributed by atoms with van der Waals surface area (Å²) < 4.78 is 26.9. The van der Waals surface area contributed by atoms with Crippen LogP contribution in [0.15, 0.2) is 29.2 Å². The van der Waals surface area contributed by atoms with Crippen molar-refractivity contribution in [2.24, 2.45) is 5.73 Å². The predicted molar refractivity (Wildman–Crippen MR) is 81.8 cm³/mol. The number of benzene rings is 1. The highest BCUT2D eigenvalue weighted by Crippen LogP contribution is 2.21.